The van der Waals surface area contributed by atoms with E-state index in [-0.39, 0.29) is 11.5 Å². The highest BCUT2D eigenvalue weighted by Crippen LogP contribution is 2.29. The lowest BCUT2D eigenvalue weighted by Gasteiger charge is -2.32. The number of nitro benzene ring substituents is 1. The van der Waals surface area contributed by atoms with Crippen LogP contribution in [0, 0.1) is 16.0 Å². The standard InChI is InChI=1S/C23H27N3O4/c27-23(17-6-2-1-3-7-17)18-8-9-20(21(14-18)26(28)29)24-15-22(19-10-13-30-16-19)25-11-4-5-12-25/h1-3,6-9,14,19,22,24H,4-5,10-13,15-16H2. The molecule has 0 amide bonds. The number of hydrogen-bond acceptors (Lipinski definition) is 6. The third-order valence-corrected chi connectivity index (χ3v) is 6.11. The number of benzene rings is 2. The fraction of sp³-hybridized carbons (Fsp3) is 0.435. The molecule has 2 aromatic rings. The number of nitrogens with zero attached hydrogens (tertiary/aromatic N) is 2. The van der Waals surface area contributed by atoms with E-state index in [1.165, 1.54) is 18.9 Å². The van der Waals surface area contributed by atoms with E-state index in [1.54, 1.807) is 36.4 Å². The molecule has 2 aromatic carbocycles. The quantitative estimate of drug-likeness (QED) is 0.406. The lowest BCUT2D eigenvalue weighted by molar-refractivity contribution is -0.384. The van der Waals surface area contributed by atoms with Gasteiger partial charge in [0, 0.05) is 42.3 Å². The Kier molecular flexibility index (Phi) is 6.40. The van der Waals surface area contributed by atoms with Crippen LogP contribution in [-0.4, -0.2) is 54.5 Å². The average molecular weight is 409 g/mol. The molecule has 158 valence electrons. The van der Waals surface area contributed by atoms with Crippen LogP contribution in [0.5, 0.6) is 0 Å². The van der Waals surface area contributed by atoms with Crippen molar-refractivity contribution in [3.05, 3.63) is 69.8 Å². The summed E-state index contributed by atoms with van der Waals surface area (Å²) in [4.78, 5) is 26.5. The minimum absolute atomic E-state index is 0.0698. The summed E-state index contributed by atoms with van der Waals surface area (Å²) in [6, 6.07) is 13.8. The van der Waals surface area contributed by atoms with E-state index in [0.29, 0.717) is 35.3 Å². The number of anilines is 1. The Bertz CT molecular complexity index is 875. The van der Waals surface area contributed by atoms with Gasteiger partial charge in [0.25, 0.3) is 5.69 Å². The highest BCUT2D eigenvalue weighted by Gasteiger charge is 2.32. The summed E-state index contributed by atoms with van der Waals surface area (Å²) in [5, 5.41) is 15.0. The average Bonchev–Trinajstić information content (AvgIpc) is 3.49. The summed E-state index contributed by atoms with van der Waals surface area (Å²) in [6.45, 7) is 4.28. The molecular weight excluding hydrogens is 382 g/mol. The van der Waals surface area contributed by atoms with Gasteiger partial charge in [-0.3, -0.25) is 19.8 Å². The van der Waals surface area contributed by atoms with E-state index >= 15 is 0 Å². The molecule has 2 fully saturated rings. The van der Waals surface area contributed by atoms with Crippen molar-refractivity contribution in [2.75, 3.05) is 38.2 Å². The first-order valence-electron chi connectivity index (χ1n) is 10.6. The van der Waals surface area contributed by atoms with Gasteiger partial charge in [-0.25, -0.2) is 0 Å². The van der Waals surface area contributed by atoms with Gasteiger partial charge in [0.05, 0.1) is 11.5 Å². The lowest BCUT2D eigenvalue weighted by Crippen LogP contribution is -2.44. The molecule has 2 saturated heterocycles. The summed E-state index contributed by atoms with van der Waals surface area (Å²) < 4.78 is 5.60. The number of ether oxygens (including phenoxy) is 1. The lowest BCUT2D eigenvalue weighted by atomic mass is 9.97. The second kappa shape index (κ2) is 9.36. The summed E-state index contributed by atoms with van der Waals surface area (Å²) >= 11 is 0. The van der Waals surface area contributed by atoms with Crippen LogP contribution >= 0.6 is 0 Å². The van der Waals surface area contributed by atoms with E-state index in [9.17, 15) is 14.9 Å². The van der Waals surface area contributed by atoms with Gasteiger partial charge in [-0.2, -0.15) is 0 Å². The van der Waals surface area contributed by atoms with Crippen LogP contribution in [0.15, 0.2) is 48.5 Å². The zero-order valence-corrected chi connectivity index (χ0v) is 17.0. The highest BCUT2D eigenvalue weighted by atomic mass is 16.6. The Hall–Kier alpha value is -2.77. The third-order valence-electron chi connectivity index (χ3n) is 6.11. The van der Waals surface area contributed by atoms with Crippen LogP contribution in [0.3, 0.4) is 0 Å². The van der Waals surface area contributed by atoms with Crippen LogP contribution in [0.4, 0.5) is 11.4 Å². The molecule has 0 aromatic heterocycles. The first-order valence-corrected chi connectivity index (χ1v) is 10.6. The van der Waals surface area contributed by atoms with Crippen molar-refractivity contribution in [2.24, 2.45) is 5.92 Å². The molecule has 2 atom stereocenters. The molecule has 30 heavy (non-hydrogen) atoms. The van der Waals surface area contributed by atoms with Gasteiger partial charge in [0.2, 0.25) is 0 Å². The molecule has 1 N–H and O–H groups in total. The van der Waals surface area contributed by atoms with Gasteiger partial charge in [-0.1, -0.05) is 30.3 Å². The van der Waals surface area contributed by atoms with Crippen molar-refractivity contribution in [2.45, 2.75) is 25.3 Å². The van der Waals surface area contributed by atoms with E-state index in [0.717, 1.165) is 32.7 Å². The molecule has 7 heteroatoms. The minimum Gasteiger partial charge on any atom is -0.381 e. The first kappa shape index (κ1) is 20.5. The SMILES string of the molecule is O=C(c1ccccc1)c1ccc(NCC(C2CCOC2)N2CCCC2)c([N+](=O)[O-])c1. The molecule has 0 spiro atoms. The molecule has 2 heterocycles. The summed E-state index contributed by atoms with van der Waals surface area (Å²) in [5.74, 6) is 0.219. The molecule has 0 bridgehead atoms. The Morgan fingerprint density at radius 1 is 1.17 bits per heavy atom. The second-order valence-electron chi connectivity index (χ2n) is 8.00. The summed E-state index contributed by atoms with van der Waals surface area (Å²) in [7, 11) is 0. The van der Waals surface area contributed by atoms with Gasteiger partial charge in [0.1, 0.15) is 5.69 Å². The number of likely N-dealkylation sites (tertiary alicyclic amines) is 1. The monoisotopic (exact) mass is 409 g/mol. The van der Waals surface area contributed by atoms with Gasteiger partial charge >= 0.3 is 0 Å². The van der Waals surface area contributed by atoms with Crippen LogP contribution in [0.25, 0.3) is 0 Å². The van der Waals surface area contributed by atoms with Crippen LogP contribution in [-0.2, 0) is 4.74 Å². The van der Waals surface area contributed by atoms with Crippen molar-refractivity contribution >= 4 is 17.2 Å². The van der Waals surface area contributed by atoms with Crippen LogP contribution in [0.2, 0.25) is 0 Å². The molecule has 2 aliphatic rings. The van der Waals surface area contributed by atoms with E-state index in [2.05, 4.69) is 10.2 Å². The molecular formula is C23H27N3O4. The van der Waals surface area contributed by atoms with E-state index in [1.807, 2.05) is 6.07 Å². The predicted molar refractivity (Wildman–Crippen MR) is 115 cm³/mol. The predicted octanol–water partition coefficient (Wildman–Crippen LogP) is 3.74. The van der Waals surface area contributed by atoms with Crippen molar-refractivity contribution in [3.63, 3.8) is 0 Å². The fourth-order valence-electron chi connectivity index (χ4n) is 4.47. The number of rotatable bonds is 8. The fourth-order valence-corrected chi connectivity index (χ4v) is 4.47. The Morgan fingerprint density at radius 3 is 2.60 bits per heavy atom. The molecule has 2 unspecified atom stereocenters. The number of ketones is 1. The molecule has 0 saturated carbocycles. The maximum Gasteiger partial charge on any atom is 0.293 e. The first-order chi connectivity index (χ1) is 14.6. The van der Waals surface area contributed by atoms with Gasteiger partial charge in [0.15, 0.2) is 5.78 Å². The molecule has 4 rings (SSSR count). The van der Waals surface area contributed by atoms with Crippen molar-refractivity contribution in [1.29, 1.82) is 0 Å². The summed E-state index contributed by atoms with van der Waals surface area (Å²) in [5.41, 5.74) is 1.22. The Morgan fingerprint density at radius 2 is 1.93 bits per heavy atom. The normalized spacial score (nSPS) is 20.2. The van der Waals surface area contributed by atoms with E-state index in [4.69, 9.17) is 4.74 Å². The zero-order valence-electron chi connectivity index (χ0n) is 17.0. The van der Waals surface area contributed by atoms with Crippen molar-refractivity contribution in [3.8, 4) is 0 Å². The summed E-state index contributed by atoms with van der Waals surface area (Å²) in [6.07, 6.45) is 3.41. The maximum absolute atomic E-state index is 12.7. The highest BCUT2D eigenvalue weighted by molar-refractivity contribution is 6.09. The maximum atomic E-state index is 12.7. The second-order valence-corrected chi connectivity index (χ2v) is 8.00. The number of hydrogen-bond donors (Lipinski definition) is 1. The third kappa shape index (κ3) is 4.52. The Labute approximate surface area is 176 Å². The molecule has 2 aliphatic heterocycles. The van der Waals surface area contributed by atoms with Gasteiger partial charge < -0.3 is 10.1 Å². The topological polar surface area (TPSA) is 84.7 Å². The number of carbonyl (C=O) groups excluding carboxylic acids is 1. The van der Waals surface area contributed by atoms with E-state index < -0.39 is 4.92 Å². The molecule has 0 aliphatic carbocycles. The van der Waals surface area contributed by atoms with Gasteiger partial charge in [-0.15, -0.1) is 0 Å². The van der Waals surface area contributed by atoms with Crippen LogP contribution in [0.1, 0.15) is 35.2 Å². The largest absolute Gasteiger partial charge is 0.381 e. The molecule has 0 radical (unpaired) electrons. The number of nitrogens with one attached hydrogen (secondary N) is 1. The van der Waals surface area contributed by atoms with Gasteiger partial charge in [-0.05, 0) is 44.5 Å². The van der Waals surface area contributed by atoms with Crippen LogP contribution < -0.4 is 5.32 Å². The van der Waals surface area contributed by atoms with Crippen molar-refractivity contribution < 1.29 is 14.5 Å². The zero-order chi connectivity index (χ0) is 20.9. The number of nitro groups is 1. The Balaban J connectivity index is 1.52. The minimum atomic E-state index is -0.423. The number of carbonyl (C=O) groups is 1. The molecule has 7 nitrogen and oxygen atoms in total. The smallest absolute Gasteiger partial charge is 0.293 e. The van der Waals surface area contributed by atoms with Crippen molar-refractivity contribution in [1.82, 2.24) is 4.90 Å².